The lowest BCUT2D eigenvalue weighted by Crippen LogP contribution is -2.30. The smallest absolute Gasteiger partial charge is 0.239 e. The molecule has 0 unspecified atom stereocenters. The molecule has 7 heteroatoms. The number of ether oxygens (including phenoxy) is 1. The quantitative estimate of drug-likeness (QED) is 0.760. The summed E-state index contributed by atoms with van der Waals surface area (Å²) in [5.74, 6) is 0.409. The van der Waals surface area contributed by atoms with E-state index < -0.39 is 0 Å². The maximum absolute atomic E-state index is 11.7. The lowest BCUT2D eigenvalue weighted by molar-refractivity contribution is -0.115. The molecule has 1 heterocycles. The summed E-state index contributed by atoms with van der Waals surface area (Å²) in [7, 11) is 1.62. The van der Waals surface area contributed by atoms with E-state index in [9.17, 15) is 4.79 Å². The first-order valence-corrected chi connectivity index (χ1v) is 6.40. The fourth-order valence-electron chi connectivity index (χ4n) is 1.68. The van der Waals surface area contributed by atoms with Gasteiger partial charge in [-0.15, -0.1) is 12.4 Å². The summed E-state index contributed by atoms with van der Waals surface area (Å²) in [6.07, 6.45) is 1.81. The maximum Gasteiger partial charge on any atom is 0.239 e. The third kappa shape index (κ3) is 5.55. The van der Waals surface area contributed by atoms with Crippen molar-refractivity contribution in [3.8, 4) is 5.69 Å². The number of anilines is 1. The average Bonchev–Trinajstić information content (AvgIpc) is 2.93. The van der Waals surface area contributed by atoms with E-state index in [1.807, 2.05) is 36.5 Å². The van der Waals surface area contributed by atoms with Crippen LogP contribution in [-0.2, 0) is 9.53 Å². The molecule has 0 spiro atoms. The highest BCUT2D eigenvalue weighted by atomic mass is 35.5. The monoisotopic (exact) mass is 310 g/mol. The standard InChI is InChI=1S/C14H18N4O2.ClH/c1-20-10-8-15-11-14(19)16-13-7-9-18(17-13)12-5-3-2-4-6-12;/h2-7,9,15H,8,10-11H2,1H3,(H,16,17,19);1H. The summed E-state index contributed by atoms with van der Waals surface area (Å²) in [4.78, 5) is 11.7. The summed E-state index contributed by atoms with van der Waals surface area (Å²) in [5.41, 5.74) is 0.950. The number of halogens is 1. The maximum atomic E-state index is 11.7. The number of hydrogen-bond donors (Lipinski definition) is 2. The van der Waals surface area contributed by atoms with Crippen LogP contribution in [0.2, 0.25) is 0 Å². The van der Waals surface area contributed by atoms with Crippen LogP contribution >= 0.6 is 12.4 Å². The number of carbonyl (C=O) groups is 1. The van der Waals surface area contributed by atoms with Gasteiger partial charge in [0.05, 0.1) is 18.8 Å². The summed E-state index contributed by atoms with van der Waals surface area (Å²) in [5, 5.41) is 10.0. The minimum absolute atomic E-state index is 0. The number of nitrogens with one attached hydrogen (secondary N) is 2. The Hall–Kier alpha value is -1.89. The Kier molecular flexibility index (Phi) is 7.45. The van der Waals surface area contributed by atoms with Crippen LogP contribution < -0.4 is 10.6 Å². The van der Waals surface area contributed by atoms with Crippen LogP contribution in [0.1, 0.15) is 0 Å². The van der Waals surface area contributed by atoms with Crippen molar-refractivity contribution in [2.24, 2.45) is 0 Å². The summed E-state index contributed by atoms with van der Waals surface area (Å²) in [6.45, 7) is 1.46. The predicted octanol–water partition coefficient (Wildman–Crippen LogP) is 1.47. The highest BCUT2D eigenvalue weighted by Gasteiger charge is 2.05. The Labute approximate surface area is 129 Å². The van der Waals surface area contributed by atoms with Crippen molar-refractivity contribution in [2.45, 2.75) is 0 Å². The SMILES string of the molecule is COCCNCC(=O)Nc1ccn(-c2ccccc2)n1.Cl. The molecule has 2 N–H and O–H groups in total. The molecule has 2 aromatic rings. The first-order chi connectivity index (χ1) is 9.79. The van der Waals surface area contributed by atoms with E-state index in [4.69, 9.17) is 4.74 Å². The van der Waals surface area contributed by atoms with Gasteiger partial charge in [-0.3, -0.25) is 4.79 Å². The number of methoxy groups -OCH3 is 1. The molecule has 0 radical (unpaired) electrons. The van der Waals surface area contributed by atoms with E-state index in [0.717, 1.165) is 5.69 Å². The number of aromatic nitrogens is 2. The van der Waals surface area contributed by atoms with Gasteiger partial charge in [-0.2, -0.15) is 5.10 Å². The molecule has 0 aliphatic heterocycles. The molecular weight excluding hydrogens is 292 g/mol. The molecule has 114 valence electrons. The molecule has 0 fully saturated rings. The largest absolute Gasteiger partial charge is 0.383 e. The van der Waals surface area contributed by atoms with Gasteiger partial charge in [-0.1, -0.05) is 18.2 Å². The van der Waals surface area contributed by atoms with E-state index in [-0.39, 0.29) is 24.9 Å². The number of nitrogens with zero attached hydrogens (tertiary/aromatic N) is 2. The molecule has 0 saturated carbocycles. The van der Waals surface area contributed by atoms with Crippen LogP contribution in [0.15, 0.2) is 42.6 Å². The molecule has 1 aromatic carbocycles. The van der Waals surface area contributed by atoms with Crippen molar-refractivity contribution in [2.75, 3.05) is 32.1 Å². The fraction of sp³-hybridized carbons (Fsp3) is 0.286. The van der Waals surface area contributed by atoms with Crippen LogP contribution in [0.3, 0.4) is 0 Å². The van der Waals surface area contributed by atoms with Gasteiger partial charge in [0.2, 0.25) is 5.91 Å². The van der Waals surface area contributed by atoms with Crippen molar-refractivity contribution >= 4 is 24.1 Å². The summed E-state index contributed by atoms with van der Waals surface area (Å²) in [6, 6.07) is 11.5. The molecule has 0 atom stereocenters. The predicted molar refractivity (Wildman–Crippen MR) is 84.2 cm³/mol. The molecule has 1 aromatic heterocycles. The summed E-state index contributed by atoms with van der Waals surface area (Å²) >= 11 is 0. The van der Waals surface area contributed by atoms with Gasteiger partial charge >= 0.3 is 0 Å². The average molecular weight is 311 g/mol. The Bertz CT molecular complexity index is 545. The van der Waals surface area contributed by atoms with E-state index in [1.165, 1.54) is 0 Å². The van der Waals surface area contributed by atoms with Crippen molar-refractivity contribution in [3.63, 3.8) is 0 Å². The molecule has 21 heavy (non-hydrogen) atoms. The number of amides is 1. The number of carbonyl (C=O) groups excluding carboxylic acids is 1. The number of rotatable bonds is 7. The second kappa shape index (κ2) is 9.12. The van der Waals surface area contributed by atoms with Gasteiger partial charge < -0.3 is 15.4 Å². The minimum atomic E-state index is -0.126. The number of hydrogen-bond acceptors (Lipinski definition) is 4. The van der Waals surface area contributed by atoms with Crippen molar-refractivity contribution in [1.29, 1.82) is 0 Å². The lowest BCUT2D eigenvalue weighted by Gasteiger charge is -2.04. The normalized spacial score (nSPS) is 9.95. The van der Waals surface area contributed by atoms with E-state index in [2.05, 4.69) is 15.7 Å². The van der Waals surface area contributed by atoms with Crippen molar-refractivity contribution in [1.82, 2.24) is 15.1 Å². The Morgan fingerprint density at radius 2 is 2.05 bits per heavy atom. The van der Waals surface area contributed by atoms with E-state index in [0.29, 0.717) is 19.0 Å². The second-order valence-electron chi connectivity index (χ2n) is 4.20. The highest BCUT2D eigenvalue weighted by Crippen LogP contribution is 2.09. The van der Waals surface area contributed by atoms with E-state index >= 15 is 0 Å². The van der Waals surface area contributed by atoms with Gasteiger partial charge in [-0.05, 0) is 12.1 Å². The Morgan fingerprint density at radius 3 is 2.76 bits per heavy atom. The molecule has 2 rings (SSSR count). The molecular formula is C14H19ClN4O2. The topological polar surface area (TPSA) is 68.2 Å². The van der Waals surface area contributed by atoms with Gasteiger partial charge in [0.15, 0.2) is 5.82 Å². The third-order valence-corrected chi connectivity index (χ3v) is 2.65. The van der Waals surface area contributed by atoms with Crippen LogP contribution in [0.4, 0.5) is 5.82 Å². The molecule has 0 aliphatic rings. The number of benzene rings is 1. The minimum Gasteiger partial charge on any atom is -0.383 e. The van der Waals surface area contributed by atoms with Crippen molar-refractivity contribution in [3.05, 3.63) is 42.6 Å². The third-order valence-electron chi connectivity index (χ3n) is 2.65. The first-order valence-electron chi connectivity index (χ1n) is 6.40. The zero-order chi connectivity index (χ0) is 14.2. The molecule has 6 nitrogen and oxygen atoms in total. The Balaban J connectivity index is 0.00000220. The lowest BCUT2D eigenvalue weighted by atomic mass is 10.3. The van der Waals surface area contributed by atoms with Crippen molar-refractivity contribution < 1.29 is 9.53 Å². The molecule has 0 aliphatic carbocycles. The van der Waals surface area contributed by atoms with Gasteiger partial charge in [0, 0.05) is 25.9 Å². The van der Waals surface area contributed by atoms with Crippen LogP contribution in [0, 0.1) is 0 Å². The zero-order valence-corrected chi connectivity index (χ0v) is 12.6. The van der Waals surface area contributed by atoms with Crippen LogP contribution in [-0.4, -0.2) is 42.5 Å². The number of para-hydroxylation sites is 1. The molecule has 1 amide bonds. The van der Waals surface area contributed by atoms with Gasteiger partial charge in [0.25, 0.3) is 0 Å². The second-order valence-corrected chi connectivity index (χ2v) is 4.20. The fourth-order valence-corrected chi connectivity index (χ4v) is 1.68. The Morgan fingerprint density at radius 1 is 1.29 bits per heavy atom. The van der Waals surface area contributed by atoms with Gasteiger partial charge in [-0.25, -0.2) is 4.68 Å². The zero-order valence-electron chi connectivity index (χ0n) is 11.8. The van der Waals surface area contributed by atoms with Gasteiger partial charge in [0.1, 0.15) is 0 Å². The first kappa shape index (κ1) is 17.2. The van der Waals surface area contributed by atoms with Crippen LogP contribution in [0.5, 0.6) is 0 Å². The molecule has 0 saturated heterocycles. The van der Waals surface area contributed by atoms with E-state index in [1.54, 1.807) is 17.9 Å². The molecule has 0 bridgehead atoms. The highest BCUT2D eigenvalue weighted by molar-refractivity contribution is 5.91. The summed E-state index contributed by atoms with van der Waals surface area (Å²) < 4.78 is 6.60. The van der Waals surface area contributed by atoms with Crippen LogP contribution in [0.25, 0.3) is 5.69 Å².